The van der Waals surface area contributed by atoms with Crippen LogP contribution in [-0.4, -0.2) is 29.0 Å². The molecule has 1 atom stereocenters. The molecule has 0 saturated heterocycles. The van der Waals surface area contributed by atoms with Crippen LogP contribution in [0.2, 0.25) is 0 Å². The van der Waals surface area contributed by atoms with Crippen LogP contribution in [0.4, 0.5) is 0 Å². The fourth-order valence-electron chi connectivity index (χ4n) is 2.36. The van der Waals surface area contributed by atoms with Crippen LogP contribution >= 0.6 is 0 Å². The summed E-state index contributed by atoms with van der Waals surface area (Å²) in [5.74, 6) is -0.855. The van der Waals surface area contributed by atoms with Gasteiger partial charge in [-0.2, -0.15) is 5.26 Å². The first kappa shape index (κ1) is 19.4. The summed E-state index contributed by atoms with van der Waals surface area (Å²) in [5, 5.41) is 11.7. The molecule has 1 aromatic rings. The molecular weight excluding hydrogens is 310 g/mol. The number of esters is 1. The lowest BCUT2D eigenvalue weighted by atomic mass is 9.99. The van der Waals surface area contributed by atoms with Crippen LogP contribution in [0.15, 0.2) is 4.79 Å². The van der Waals surface area contributed by atoms with E-state index < -0.39 is 17.6 Å². The molecule has 0 aliphatic heterocycles. The summed E-state index contributed by atoms with van der Waals surface area (Å²) in [6.45, 7) is 8.55. The molecule has 2 N–H and O–H groups in total. The molecule has 0 fully saturated rings. The van der Waals surface area contributed by atoms with Gasteiger partial charge in [0.1, 0.15) is 11.6 Å². The fourth-order valence-corrected chi connectivity index (χ4v) is 2.36. The summed E-state index contributed by atoms with van der Waals surface area (Å²) >= 11 is 0. The third kappa shape index (κ3) is 4.95. The van der Waals surface area contributed by atoms with E-state index in [2.05, 4.69) is 10.3 Å². The highest BCUT2D eigenvalue weighted by molar-refractivity contribution is 5.83. The van der Waals surface area contributed by atoms with Crippen molar-refractivity contribution in [3.63, 3.8) is 0 Å². The predicted molar refractivity (Wildman–Crippen MR) is 88.4 cm³/mol. The molecule has 0 radical (unpaired) electrons. The van der Waals surface area contributed by atoms with E-state index in [1.165, 1.54) is 6.92 Å². The molecule has 1 amide bonds. The van der Waals surface area contributed by atoms with Crippen LogP contribution < -0.4 is 10.9 Å². The fraction of sp³-hybridized carbons (Fsp3) is 0.529. The maximum Gasteiger partial charge on any atom is 0.306 e. The molecule has 1 aromatic heterocycles. The van der Waals surface area contributed by atoms with Crippen LogP contribution in [-0.2, 0) is 20.7 Å². The number of nitrogens with zero attached hydrogens (tertiary/aromatic N) is 1. The molecule has 0 spiro atoms. The van der Waals surface area contributed by atoms with Crippen molar-refractivity contribution in [2.75, 3.05) is 0 Å². The predicted octanol–water partition coefficient (Wildman–Crippen LogP) is 1.25. The van der Waals surface area contributed by atoms with Crippen molar-refractivity contribution in [2.45, 2.75) is 59.6 Å². The Morgan fingerprint density at radius 2 is 1.92 bits per heavy atom. The van der Waals surface area contributed by atoms with E-state index >= 15 is 0 Å². The van der Waals surface area contributed by atoms with Crippen molar-refractivity contribution in [3.8, 4) is 6.07 Å². The van der Waals surface area contributed by atoms with Crippen molar-refractivity contribution in [3.05, 3.63) is 32.7 Å². The summed E-state index contributed by atoms with van der Waals surface area (Å²) in [6, 6.07) is 1.84. The maximum absolute atomic E-state index is 11.9. The minimum atomic E-state index is -0.868. The second kappa shape index (κ2) is 8.29. The van der Waals surface area contributed by atoms with Crippen LogP contribution in [0.5, 0.6) is 0 Å². The highest BCUT2D eigenvalue weighted by Crippen LogP contribution is 2.15. The molecular formula is C17H23N3O4. The second-order valence-electron chi connectivity index (χ2n) is 5.96. The Hall–Kier alpha value is -2.62. The highest BCUT2D eigenvalue weighted by Gasteiger charge is 2.19. The van der Waals surface area contributed by atoms with E-state index in [0.717, 1.165) is 5.56 Å². The van der Waals surface area contributed by atoms with Crippen molar-refractivity contribution in [1.29, 1.82) is 5.26 Å². The van der Waals surface area contributed by atoms with Gasteiger partial charge in [0.25, 0.3) is 11.5 Å². The zero-order chi connectivity index (χ0) is 18.4. The normalized spacial score (nSPS) is 11.7. The van der Waals surface area contributed by atoms with Gasteiger partial charge in [-0.15, -0.1) is 0 Å². The van der Waals surface area contributed by atoms with E-state index in [4.69, 9.17) is 10.00 Å². The molecule has 0 saturated carbocycles. The Bertz CT molecular complexity index is 729. The molecule has 0 aromatic carbocycles. The van der Waals surface area contributed by atoms with Crippen molar-refractivity contribution < 1.29 is 14.3 Å². The second-order valence-corrected chi connectivity index (χ2v) is 5.96. The molecule has 0 aliphatic carbocycles. The Balaban J connectivity index is 2.74. The highest BCUT2D eigenvalue weighted by atomic mass is 16.5. The van der Waals surface area contributed by atoms with Crippen molar-refractivity contribution in [1.82, 2.24) is 10.3 Å². The van der Waals surface area contributed by atoms with Crippen LogP contribution in [0.3, 0.4) is 0 Å². The first-order valence-electron chi connectivity index (χ1n) is 7.79. The molecule has 1 heterocycles. The van der Waals surface area contributed by atoms with Gasteiger partial charge in [0, 0.05) is 18.2 Å². The number of nitrogens with one attached hydrogen (secondary N) is 2. The van der Waals surface area contributed by atoms with Gasteiger partial charge in [0.2, 0.25) is 0 Å². The smallest absolute Gasteiger partial charge is 0.306 e. The molecule has 130 valence electrons. The Morgan fingerprint density at radius 1 is 1.29 bits per heavy atom. The zero-order valence-electron chi connectivity index (χ0n) is 14.6. The standard InChI is InChI=1S/C17H23N3O4/c1-9(2)19-16(22)12(5)24-15(21)7-6-13-10(3)14(8-18)17(23)20-11(13)4/h9,12H,6-7H2,1-5H3,(H,19,22)(H,20,23)/t12-/m0/s1. The molecule has 0 bridgehead atoms. The van der Waals surface area contributed by atoms with E-state index in [9.17, 15) is 14.4 Å². The largest absolute Gasteiger partial charge is 0.453 e. The average molecular weight is 333 g/mol. The summed E-state index contributed by atoms with van der Waals surface area (Å²) in [6.07, 6.45) is -0.495. The number of pyridine rings is 1. The average Bonchev–Trinajstić information content (AvgIpc) is 2.46. The van der Waals surface area contributed by atoms with Gasteiger partial charge in [-0.3, -0.25) is 14.4 Å². The molecule has 0 unspecified atom stereocenters. The summed E-state index contributed by atoms with van der Waals surface area (Å²) < 4.78 is 5.11. The van der Waals surface area contributed by atoms with Crippen molar-refractivity contribution in [2.24, 2.45) is 0 Å². The van der Waals surface area contributed by atoms with Gasteiger partial charge < -0.3 is 15.0 Å². The lowest BCUT2D eigenvalue weighted by Crippen LogP contribution is -2.39. The number of aromatic nitrogens is 1. The van der Waals surface area contributed by atoms with E-state index in [-0.39, 0.29) is 23.9 Å². The summed E-state index contributed by atoms with van der Waals surface area (Å²) in [5.41, 5.74) is 1.54. The van der Waals surface area contributed by atoms with Gasteiger partial charge >= 0.3 is 5.97 Å². The van der Waals surface area contributed by atoms with Crippen LogP contribution in [0.25, 0.3) is 0 Å². The molecule has 7 heteroatoms. The molecule has 0 aliphatic rings. The number of amides is 1. The number of hydrogen-bond donors (Lipinski definition) is 2. The molecule has 24 heavy (non-hydrogen) atoms. The maximum atomic E-state index is 11.9. The molecule has 7 nitrogen and oxygen atoms in total. The van der Waals surface area contributed by atoms with E-state index in [1.807, 2.05) is 19.9 Å². The third-order valence-corrected chi connectivity index (χ3v) is 3.61. The zero-order valence-corrected chi connectivity index (χ0v) is 14.6. The van der Waals surface area contributed by atoms with Gasteiger partial charge in [-0.25, -0.2) is 0 Å². The quantitative estimate of drug-likeness (QED) is 0.761. The number of carbonyl (C=O) groups is 2. The number of carbonyl (C=O) groups excluding carboxylic acids is 2. The van der Waals surface area contributed by atoms with Crippen LogP contribution in [0, 0.1) is 25.2 Å². The number of rotatable bonds is 6. The lowest BCUT2D eigenvalue weighted by Gasteiger charge is -2.16. The topological polar surface area (TPSA) is 112 Å². The number of ether oxygens (including phenoxy) is 1. The number of aryl methyl sites for hydroxylation is 1. The summed E-state index contributed by atoms with van der Waals surface area (Å²) in [7, 11) is 0. The van der Waals surface area contributed by atoms with E-state index in [1.54, 1.807) is 13.8 Å². The SMILES string of the molecule is Cc1[nH]c(=O)c(C#N)c(C)c1CCC(=O)O[C@@H](C)C(=O)NC(C)C. The third-order valence-electron chi connectivity index (χ3n) is 3.61. The van der Waals surface area contributed by atoms with Crippen molar-refractivity contribution >= 4 is 11.9 Å². The van der Waals surface area contributed by atoms with E-state index in [0.29, 0.717) is 17.7 Å². The number of aromatic amines is 1. The number of hydrogen-bond acceptors (Lipinski definition) is 5. The molecule has 1 rings (SSSR count). The first-order chi connectivity index (χ1) is 11.2. The Labute approximate surface area is 141 Å². The lowest BCUT2D eigenvalue weighted by molar-refractivity contribution is -0.154. The first-order valence-corrected chi connectivity index (χ1v) is 7.79. The summed E-state index contributed by atoms with van der Waals surface area (Å²) in [4.78, 5) is 37.9. The number of nitriles is 1. The van der Waals surface area contributed by atoms with Crippen LogP contribution in [0.1, 0.15) is 49.6 Å². The Kier molecular flexibility index (Phi) is 6.71. The Morgan fingerprint density at radius 3 is 2.46 bits per heavy atom. The minimum Gasteiger partial charge on any atom is -0.453 e. The number of H-pyrrole nitrogens is 1. The van der Waals surface area contributed by atoms with Gasteiger partial charge in [0.15, 0.2) is 6.10 Å². The van der Waals surface area contributed by atoms with Gasteiger partial charge in [0.05, 0.1) is 0 Å². The van der Waals surface area contributed by atoms with Gasteiger partial charge in [-0.1, -0.05) is 0 Å². The minimum absolute atomic E-state index is 0.0329. The monoisotopic (exact) mass is 333 g/mol. The van der Waals surface area contributed by atoms with Gasteiger partial charge in [-0.05, 0) is 52.2 Å².